The molecule has 0 saturated heterocycles. The smallest absolute Gasteiger partial charge is 0.387 e. The Kier molecular flexibility index (Phi) is 5.61. The van der Waals surface area contributed by atoms with Crippen LogP contribution < -0.4 is 10.1 Å². The molecular weight excluding hydrogens is 442 g/mol. The van der Waals surface area contributed by atoms with E-state index in [2.05, 4.69) is 31.0 Å². The standard InChI is InChI=1S/C18H15BrF2N2O3S/c1-8-13(14(19)9(2)25-8)16(24)23-18-22-15(10(3)27-18)11-4-6-12(7-5-11)26-17(20)21/h4-7,17H,1-3H3,(H,22,23,24). The Morgan fingerprint density at radius 2 is 1.89 bits per heavy atom. The molecule has 0 aliphatic rings. The molecule has 27 heavy (non-hydrogen) atoms. The van der Waals surface area contributed by atoms with E-state index in [-0.39, 0.29) is 11.7 Å². The summed E-state index contributed by atoms with van der Waals surface area (Å²) in [6.45, 7) is 2.48. The lowest BCUT2D eigenvalue weighted by Crippen LogP contribution is -2.12. The number of rotatable bonds is 5. The summed E-state index contributed by atoms with van der Waals surface area (Å²) in [6, 6.07) is 6.19. The lowest BCUT2D eigenvalue weighted by Gasteiger charge is -2.05. The number of hydrogen-bond acceptors (Lipinski definition) is 5. The fourth-order valence-corrected chi connectivity index (χ4v) is 3.96. The van der Waals surface area contributed by atoms with Crippen LogP contribution in [0.5, 0.6) is 5.75 Å². The number of nitrogens with one attached hydrogen (secondary N) is 1. The van der Waals surface area contributed by atoms with Gasteiger partial charge in [-0.25, -0.2) is 4.98 Å². The highest BCUT2D eigenvalue weighted by Gasteiger charge is 2.21. The molecule has 5 nitrogen and oxygen atoms in total. The van der Waals surface area contributed by atoms with E-state index in [0.29, 0.717) is 32.4 Å². The Hall–Kier alpha value is -2.26. The lowest BCUT2D eigenvalue weighted by atomic mass is 10.1. The third kappa shape index (κ3) is 4.19. The average molecular weight is 457 g/mol. The Morgan fingerprint density at radius 1 is 1.22 bits per heavy atom. The Labute approximate surface area is 166 Å². The Bertz CT molecular complexity index is 983. The van der Waals surface area contributed by atoms with Crippen molar-refractivity contribution in [3.05, 3.63) is 50.7 Å². The van der Waals surface area contributed by atoms with Crippen LogP contribution in [0.2, 0.25) is 0 Å². The van der Waals surface area contributed by atoms with Crippen LogP contribution in [-0.4, -0.2) is 17.5 Å². The molecule has 0 radical (unpaired) electrons. The van der Waals surface area contributed by atoms with E-state index in [1.807, 2.05) is 6.92 Å². The summed E-state index contributed by atoms with van der Waals surface area (Å²) < 4.78 is 34.9. The summed E-state index contributed by atoms with van der Waals surface area (Å²) >= 11 is 4.68. The Balaban J connectivity index is 1.81. The molecule has 1 amide bonds. The highest BCUT2D eigenvalue weighted by atomic mass is 79.9. The number of benzene rings is 1. The van der Waals surface area contributed by atoms with Gasteiger partial charge in [0.25, 0.3) is 5.91 Å². The maximum atomic E-state index is 12.6. The van der Waals surface area contributed by atoms with Gasteiger partial charge in [-0.3, -0.25) is 10.1 Å². The van der Waals surface area contributed by atoms with Crippen LogP contribution in [0.15, 0.2) is 33.2 Å². The van der Waals surface area contributed by atoms with Crippen molar-refractivity contribution in [1.82, 2.24) is 4.98 Å². The fourth-order valence-electron chi connectivity index (χ4n) is 2.59. The summed E-state index contributed by atoms with van der Waals surface area (Å²) in [5, 5.41) is 3.21. The highest BCUT2D eigenvalue weighted by Crippen LogP contribution is 2.33. The molecule has 0 aliphatic carbocycles. The van der Waals surface area contributed by atoms with Gasteiger partial charge in [-0.05, 0) is 61.0 Å². The van der Waals surface area contributed by atoms with Gasteiger partial charge in [0.05, 0.1) is 15.7 Å². The predicted molar refractivity (Wildman–Crippen MR) is 103 cm³/mol. The Morgan fingerprint density at radius 3 is 2.44 bits per heavy atom. The molecule has 9 heteroatoms. The van der Waals surface area contributed by atoms with Crippen molar-refractivity contribution in [2.75, 3.05) is 5.32 Å². The third-order valence-corrected chi connectivity index (χ3v) is 5.62. The number of aryl methyl sites for hydroxylation is 3. The molecule has 0 bridgehead atoms. The molecule has 2 aromatic heterocycles. The maximum Gasteiger partial charge on any atom is 0.387 e. The van der Waals surface area contributed by atoms with Crippen LogP contribution in [0.1, 0.15) is 26.8 Å². The number of alkyl halides is 2. The van der Waals surface area contributed by atoms with E-state index < -0.39 is 6.61 Å². The first-order valence-electron chi connectivity index (χ1n) is 7.85. The number of halogens is 3. The van der Waals surface area contributed by atoms with Crippen LogP contribution in [-0.2, 0) is 0 Å². The molecular formula is C18H15BrF2N2O3S. The van der Waals surface area contributed by atoms with E-state index in [0.717, 1.165) is 10.4 Å². The SMILES string of the molecule is Cc1oc(C)c(C(=O)Nc2nc(-c3ccc(OC(F)F)cc3)c(C)s2)c1Br. The molecule has 0 spiro atoms. The zero-order valence-corrected chi connectivity index (χ0v) is 17.0. The van der Waals surface area contributed by atoms with Crippen molar-refractivity contribution in [2.45, 2.75) is 27.4 Å². The van der Waals surface area contributed by atoms with E-state index in [4.69, 9.17) is 4.42 Å². The zero-order valence-electron chi connectivity index (χ0n) is 14.6. The van der Waals surface area contributed by atoms with Crippen molar-refractivity contribution in [1.29, 1.82) is 0 Å². The van der Waals surface area contributed by atoms with Crippen molar-refractivity contribution in [2.24, 2.45) is 0 Å². The van der Waals surface area contributed by atoms with Gasteiger partial charge < -0.3 is 9.15 Å². The minimum absolute atomic E-state index is 0.0748. The molecule has 0 saturated carbocycles. The van der Waals surface area contributed by atoms with Crippen molar-refractivity contribution in [3.63, 3.8) is 0 Å². The first-order chi connectivity index (χ1) is 12.8. The molecule has 3 rings (SSSR count). The number of furan rings is 1. The summed E-state index contributed by atoms with van der Waals surface area (Å²) in [4.78, 5) is 17.9. The topological polar surface area (TPSA) is 64.4 Å². The molecule has 1 aromatic carbocycles. The van der Waals surface area contributed by atoms with E-state index in [1.165, 1.54) is 23.5 Å². The predicted octanol–water partition coefficient (Wildman–Crippen LogP) is 5.94. The van der Waals surface area contributed by atoms with Crippen LogP contribution in [0, 0.1) is 20.8 Å². The first-order valence-corrected chi connectivity index (χ1v) is 9.46. The van der Waals surface area contributed by atoms with Gasteiger partial charge in [0, 0.05) is 10.4 Å². The largest absolute Gasteiger partial charge is 0.465 e. The van der Waals surface area contributed by atoms with Crippen molar-refractivity contribution >= 4 is 38.3 Å². The second-order valence-electron chi connectivity index (χ2n) is 5.68. The van der Waals surface area contributed by atoms with Crippen LogP contribution in [0.4, 0.5) is 13.9 Å². The number of amides is 1. The van der Waals surface area contributed by atoms with Gasteiger partial charge in [0.2, 0.25) is 0 Å². The summed E-state index contributed by atoms with van der Waals surface area (Å²) in [7, 11) is 0. The third-order valence-electron chi connectivity index (χ3n) is 3.78. The number of thiazole rings is 1. The molecule has 0 fully saturated rings. The lowest BCUT2D eigenvalue weighted by molar-refractivity contribution is -0.0498. The second-order valence-corrected chi connectivity index (χ2v) is 7.68. The first kappa shape index (κ1) is 19.5. The molecule has 2 heterocycles. The van der Waals surface area contributed by atoms with Gasteiger partial charge in [0.1, 0.15) is 17.3 Å². The molecule has 1 N–H and O–H groups in total. The normalized spacial score (nSPS) is 11.1. The number of aromatic nitrogens is 1. The molecule has 3 aromatic rings. The van der Waals surface area contributed by atoms with Crippen LogP contribution >= 0.6 is 27.3 Å². The number of ether oxygens (including phenoxy) is 1. The quantitative estimate of drug-likeness (QED) is 0.515. The van der Waals surface area contributed by atoms with E-state index in [9.17, 15) is 13.6 Å². The number of hydrogen-bond donors (Lipinski definition) is 1. The molecule has 142 valence electrons. The maximum absolute atomic E-state index is 12.6. The van der Waals surface area contributed by atoms with Crippen LogP contribution in [0.25, 0.3) is 11.3 Å². The van der Waals surface area contributed by atoms with Gasteiger partial charge in [-0.2, -0.15) is 8.78 Å². The molecule has 0 unspecified atom stereocenters. The second kappa shape index (κ2) is 7.77. The number of anilines is 1. The average Bonchev–Trinajstić information content (AvgIpc) is 3.06. The monoisotopic (exact) mass is 456 g/mol. The summed E-state index contributed by atoms with van der Waals surface area (Å²) in [5.41, 5.74) is 1.83. The number of nitrogens with zero attached hydrogens (tertiary/aromatic N) is 1. The van der Waals surface area contributed by atoms with E-state index in [1.54, 1.807) is 26.0 Å². The van der Waals surface area contributed by atoms with Gasteiger partial charge in [0.15, 0.2) is 5.13 Å². The fraction of sp³-hybridized carbons (Fsp3) is 0.222. The molecule has 0 atom stereocenters. The van der Waals surface area contributed by atoms with Crippen molar-refractivity contribution in [3.8, 4) is 17.0 Å². The van der Waals surface area contributed by atoms with E-state index >= 15 is 0 Å². The zero-order chi connectivity index (χ0) is 19.7. The highest BCUT2D eigenvalue weighted by molar-refractivity contribution is 9.10. The van der Waals surface area contributed by atoms with Gasteiger partial charge >= 0.3 is 6.61 Å². The summed E-state index contributed by atoms with van der Waals surface area (Å²) in [6.07, 6.45) is 0. The number of carbonyl (C=O) groups excluding carboxylic acids is 1. The van der Waals surface area contributed by atoms with Gasteiger partial charge in [-0.15, -0.1) is 11.3 Å². The number of carbonyl (C=O) groups is 1. The summed E-state index contributed by atoms with van der Waals surface area (Å²) in [5.74, 6) is 0.891. The minimum Gasteiger partial charge on any atom is -0.465 e. The van der Waals surface area contributed by atoms with Crippen LogP contribution in [0.3, 0.4) is 0 Å². The molecule has 0 aliphatic heterocycles. The van der Waals surface area contributed by atoms with Gasteiger partial charge in [-0.1, -0.05) is 0 Å². The van der Waals surface area contributed by atoms with Crippen molar-refractivity contribution < 1.29 is 22.7 Å². The minimum atomic E-state index is -2.87.